The lowest BCUT2D eigenvalue weighted by Crippen LogP contribution is -2.42. The molecule has 0 fully saturated rings. The van der Waals surface area contributed by atoms with Crippen molar-refractivity contribution < 1.29 is 4.79 Å². The largest absolute Gasteiger partial charge is 0.335 e. The second-order valence-corrected chi connectivity index (χ2v) is 6.28. The molecule has 2 amide bonds. The molecule has 1 aliphatic carbocycles. The van der Waals surface area contributed by atoms with Crippen molar-refractivity contribution >= 4 is 29.2 Å². The van der Waals surface area contributed by atoms with Crippen molar-refractivity contribution in [2.45, 2.75) is 25.4 Å². The minimum absolute atomic E-state index is 0.151. The Morgan fingerprint density at radius 3 is 2.41 bits per heavy atom. The number of hydrogen-bond acceptors (Lipinski definition) is 1. The van der Waals surface area contributed by atoms with Crippen molar-refractivity contribution in [3.8, 4) is 0 Å². The molecule has 1 aliphatic rings. The van der Waals surface area contributed by atoms with Crippen molar-refractivity contribution in [3.63, 3.8) is 0 Å². The first-order chi connectivity index (χ1) is 10.6. The van der Waals surface area contributed by atoms with Crippen LogP contribution in [0.5, 0.6) is 0 Å². The van der Waals surface area contributed by atoms with Gasteiger partial charge in [-0.1, -0.05) is 53.5 Å². The van der Waals surface area contributed by atoms with Crippen LogP contribution in [-0.4, -0.2) is 12.1 Å². The van der Waals surface area contributed by atoms with Gasteiger partial charge in [0.1, 0.15) is 0 Å². The van der Waals surface area contributed by atoms with Crippen LogP contribution in [0, 0.1) is 0 Å². The summed E-state index contributed by atoms with van der Waals surface area (Å²) in [6, 6.07) is 13.5. The first-order valence-electron chi connectivity index (χ1n) is 7.17. The molecule has 0 atom stereocenters. The van der Waals surface area contributed by atoms with Gasteiger partial charge in [0.05, 0.1) is 0 Å². The molecule has 0 radical (unpaired) electrons. The van der Waals surface area contributed by atoms with Crippen LogP contribution in [0.4, 0.5) is 4.79 Å². The SMILES string of the molecule is O=C(NCc1ccc(Cl)cc1Cl)NC1Cc2ccccc2C1. The van der Waals surface area contributed by atoms with Crippen molar-refractivity contribution in [1.29, 1.82) is 0 Å². The van der Waals surface area contributed by atoms with Gasteiger partial charge >= 0.3 is 6.03 Å². The number of halogens is 2. The smallest absolute Gasteiger partial charge is 0.315 e. The number of hydrogen-bond donors (Lipinski definition) is 2. The molecular formula is C17H16Cl2N2O. The fraction of sp³-hybridized carbons (Fsp3) is 0.235. The Hall–Kier alpha value is -1.71. The lowest BCUT2D eigenvalue weighted by atomic mass is 10.1. The summed E-state index contributed by atoms with van der Waals surface area (Å²) in [5, 5.41) is 6.98. The van der Waals surface area contributed by atoms with Gasteiger partial charge in [-0.05, 0) is 41.7 Å². The molecule has 2 aromatic rings. The Kier molecular flexibility index (Phi) is 4.55. The third-order valence-electron chi connectivity index (χ3n) is 3.84. The maximum absolute atomic E-state index is 12.0. The Morgan fingerprint density at radius 1 is 1.09 bits per heavy atom. The molecule has 2 aromatic carbocycles. The number of fused-ring (bicyclic) bond motifs is 1. The second kappa shape index (κ2) is 6.59. The van der Waals surface area contributed by atoms with E-state index in [1.807, 2.05) is 18.2 Å². The molecule has 0 spiro atoms. The van der Waals surface area contributed by atoms with Crippen LogP contribution in [0.1, 0.15) is 16.7 Å². The molecule has 0 aliphatic heterocycles. The summed E-state index contributed by atoms with van der Waals surface area (Å²) in [6.07, 6.45) is 1.76. The number of carbonyl (C=O) groups excluding carboxylic acids is 1. The van der Waals surface area contributed by atoms with Crippen LogP contribution in [0.15, 0.2) is 42.5 Å². The molecule has 0 saturated carbocycles. The van der Waals surface area contributed by atoms with Gasteiger partial charge in [-0.25, -0.2) is 4.79 Å². The van der Waals surface area contributed by atoms with E-state index in [1.54, 1.807) is 12.1 Å². The minimum Gasteiger partial charge on any atom is -0.335 e. The Labute approximate surface area is 139 Å². The van der Waals surface area contributed by atoms with E-state index in [1.165, 1.54) is 11.1 Å². The number of amides is 2. The number of nitrogens with one attached hydrogen (secondary N) is 2. The van der Waals surface area contributed by atoms with Crippen LogP contribution in [0.2, 0.25) is 10.0 Å². The molecule has 114 valence electrons. The monoisotopic (exact) mass is 334 g/mol. The summed E-state index contributed by atoms with van der Waals surface area (Å²) < 4.78 is 0. The predicted molar refractivity (Wildman–Crippen MR) is 89.5 cm³/mol. The molecule has 0 unspecified atom stereocenters. The number of benzene rings is 2. The van der Waals surface area contributed by atoms with E-state index in [0.717, 1.165) is 18.4 Å². The molecule has 3 nitrogen and oxygen atoms in total. The highest BCUT2D eigenvalue weighted by Crippen LogP contribution is 2.22. The van der Waals surface area contributed by atoms with Gasteiger partial charge in [0.15, 0.2) is 0 Å². The van der Waals surface area contributed by atoms with Crippen molar-refractivity contribution in [3.05, 3.63) is 69.2 Å². The van der Waals surface area contributed by atoms with E-state index in [0.29, 0.717) is 16.6 Å². The van der Waals surface area contributed by atoms with E-state index in [4.69, 9.17) is 23.2 Å². The fourth-order valence-corrected chi connectivity index (χ4v) is 3.21. The third kappa shape index (κ3) is 3.54. The maximum Gasteiger partial charge on any atom is 0.315 e. The summed E-state index contributed by atoms with van der Waals surface area (Å²) >= 11 is 11.9. The van der Waals surface area contributed by atoms with E-state index in [2.05, 4.69) is 22.8 Å². The van der Waals surface area contributed by atoms with Crippen LogP contribution >= 0.6 is 23.2 Å². The number of rotatable bonds is 3. The van der Waals surface area contributed by atoms with Crippen molar-refractivity contribution in [1.82, 2.24) is 10.6 Å². The maximum atomic E-state index is 12.0. The van der Waals surface area contributed by atoms with Gasteiger partial charge in [0.2, 0.25) is 0 Å². The molecular weight excluding hydrogens is 319 g/mol. The first kappa shape index (κ1) is 15.2. The highest BCUT2D eigenvalue weighted by molar-refractivity contribution is 6.35. The Bertz CT molecular complexity index is 678. The topological polar surface area (TPSA) is 41.1 Å². The summed E-state index contributed by atoms with van der Waals surface area (Å²) in [4.78, 5) is 12.0. The van der Waals surface area contributed by atoms with Gasteiger partial charge in [-0.2, -0.15) is 0 Å². The Balaban J connectivity index is 1.51. The normalized spacial score (nSPS) is 13.7. The highest BCUT2D eigenvalue weighted by atomic mass is 35.5. The average molecular weight is 335 g/mol. The molecule has 0 aromatic heterocycles. The van der Waals surface area contributed by atoms with E-state index >= 15 is 0 Å². The number of urea groups is 1. The second-order valence-electron chi connectivity index (χ2n) is 5.44. The van der Waals surface area contributed by atoms with Crippen LogP contribution < -0.4 is 10.6 Å². The average Bonchev–Trinajstić information content (AvgIpc) is 2.88. The van der Waals surface area contributed by atoms with Gasteiger partial charge in [-0.15, -0.1) is 0 Å². The standard InChI is InChI=1S/C17H16Cl2N2O/c18-14-6-5-13(16(19)9-14)10-20-17(22)21-15-7-11-3-1-2-4-12(11)8-15/h1-6,9,15H,7-8,10H2,(H2,20,21,22). The minimum atomic E-state index is -0.177. The highest BCUT2D eigenvalue weighted by Gasteiger charge is 2.22. The summed E-state index contributed by atoms with van der Waals surface area (Å²) in [6.45, 7) is 0.376. The molecule has 22 heavy (non-hydrogen) atoms. The van der Waals surface area contributed by atoms with Crippen molar-refractivity contribution in [2.24, 2.45) is 0 Å². The lowest BCUT2D eigenvalue weighted by molar-refractivity contribution is 0.237. The molecule has 0 heterocycles. The predicted octanol–water partition coefficient (Wildman–Crippen LogP) is 3.96. The quantitative estimate of drug-likeness (QED) is 0.876. The fourth-order valence-electron chi connectivity index (χ4n) is 2.74. The van der Waals surface area contributed by atoms with E-state index in [-0.39, 0.29) is 12.1 Å². The van der Waals surface area contributed by atoms with E-state index < -0.39 is 0 Å². The van der Waals surface area contributed by atoms with Gasteiger partial charge in [0.25, 0.3) is 0 Å². The van der Waals surface area contributed by atoms with Crippen LogP contribution in [0.3, 0.4) is 0 Å². The number of carbonyl (C=O) groups is 1. The molecule has 0 saturated heterocycles. The van der Waals surface area contributed by atoms with Crippen molar-refractivity contribution in [2.75, 3.05) is 0 Å². The summed E-state index contributed by atoms with van der Waals surface area (Å²) in [7, 11) is 0. The third-order valence-corrected chi connectivity index (χ3v) is 4.43. The molecule has 3 rings (SSSR count). The van der Waals surface area contributed by atoms with Crippen LogP contribution in [-0.2, 0) is 19.4 Å². The lowest BCUT2D eigenvalue weighted by Gasteiger charge is -2.13. The van der Waals surface area contributed by atoms with E-state index in [9.17, 15) is 4.79 Å². The zero-order chi connectivity index (χ0) is 15.5. The zero-order valence-electron chi connectivity index (χ0n) is 11.9. The summed E-state index contributed by atoms with van der Waals surface area (Å²) in [5.41, 5.74) is 3.47. The van der Waals surface area contributed by atoms with Gasteiger partial charge < -0.3 is 10.6 Å². The molecule has 2 N–H and O–H groups in total. The zero-order valence-corrected chi connectivity index (χ0v) is 13.4. The first-order valence-corrected chi connectivity index (χ1v) is 7.92. The van der Waals surface area contributed by atoms with Gasteiger partial charge in [-0.3, -0.25) is 0 Å². The Morgan fingerprint density at radius 2 is 1.77 bits per heavy atom. The molecule has 0 bridgehead atoms. The summed E-state index contributed by atoms with van der Waals surface area (Å²) in [5.74, 6) is 0. The van der Waals surface area contributed by atoms with Crippen LogP contribution in [0.25, 0.3) is 0 Å². The van der Waals surface area contributed by atoms with Gasteiger partial charge in [0, 0.05) is 22.6 Å². The molecule has 5 heteroatoms.